The fourth-order valence-corrected chi connectivity index (χ4v) is 2.18. The molecule has 0 aliphatic carbocycles. The van der Waals surface area contributed by atoms with E-state index in [1.807, 2.05) is 30.3 Å². The molecule has 1 aromatic carbocycles. The molecule has 2 nitrogen and oxygen atoms in total. The van der Waals surface area contributed by atoms with Crippen molar-refractivity contribution in [3.05, 3.63) is 35.9 Å². The summed E-state index contributed by atoms with van der Waals surface area (Å²) in [5.41, 5.74) is 1.08. The van der Waals surface area contributed by atoms with Crippen LogP contribution >= 0.6 is 22.6 Å². The van der Waals surface area contributed by atoms with Crippen molar-refractivity contribution < 1.29 is 4.79 Å². The molecule has 1 aromatic rings. The Kier molecular flexibility index (Phi) is 8.05. The maximum absolute atomic E-state index is 11.6. The molecule has 0 saturated heterocycles. The molecule has 3 heteroatoms. The highest BCUT2D eigenvalue weighted by Crippen LogP contribution is 2.02. The van der Waals surface area contributed by atoms with Crippen molar-refractivity contribution in [2.45, 2.75) is 32.1 Å². The van der Waals surface area contributed by atoms with Crippen LogP contribution in [0.5, 0.6) is 0 Å². The molecule has 0 fully saturated rings. The molecule has 0 atom stereocenters. The lowest BCUT2D eigenvalue weighted by molar-refractivity contribution is -0.120. The van der Waals surface area contributed by atoms with Crippen LogP contribution in [0, 0.1) is 0 Å². The Morgan fingerprint density at radius 2 is 1.76 bits per heavy atom. The Labute approximate surface area is 117 Å². The predicted octanol–water partition coefficient (Wildman–Crippen LogP) is 3.34. The van der Waals surface area contributed by atoms with Crippen molar-refractivity contribution in [3.8, 4) is 0 Å². The van der Waals surface area contributed by atoms with Gasteiger partial charge in [-0.25, -0.2) is 0 Å². The molecule has 1 rings (SSSR count). The minimum Gasteiger partial charge on any atom is -0.356 e. The third-order valence-corrected chi connectivity index (χ3v) is 3.35. The van der Waals surface area contributed by atoms with Crippen molar-refractivity contribution >= 4 is 28.5 Å². The quantitative estimate of drug-likeness (QED) is 0.437. The van der Waals surface area contributed by atoms with Gasteiger partial charge in [0.2, 0.25) is 5.91 Å². The maximum Gasteiger partial charge on any atom is 0.224 e. The van der Waals surface area contributed by atoms with Crippen molar-refractivity contribution in [2.24, 2.45) is 0 Å². The molecule has 1 amide bonds. The second-order valence-electron chi connectivity index (χ2n) is 4.12. The molecule has 0 spiro atoms. The average molecular weight is 345 g/mol. The Morgan fingerprint density at radius 3 is 2.47 bits per heavy atom. The molecular formula is C14H20INO. The fourth-order valence-electron chi connectivity index (χ4n) is 1.64. The van der Waals surface area contributed by atoms with Crippen LogP contribution in [0.4, 0.5) is 0 Å². The van der Waals surface area contributed by atoms with Gasteiger partial charge < -0.3 is 5.32 Å². The monoisotopic (exact) mass is 345 g/mol. The highest BCUT2D eigenvalue weighted by Gasteiger charge is 2.01. The number of hydrogen-bond acceptors (Lipinski definition) is 1. The maximum atomic E-state index is 11.6. The van der Waals surface area contributed by atoms with Gasteiger partial charge in [0.25, 0.3) is 0 Å². The summed E-state index contributed by atoms with van der Waals surface area (Å²) in [6, 6.07) is 9.87. The average Bonchev–Trinajstić information content (AvgIpc) is 2.35. The molecule has 0 aromatic heterocycles. The Morgan fingerprint density at radius 1 is 1.06 bits per heavy atom. The van der Waals surface area contributed by atoms with E-state index in [1.54, 1.807) is 0 Å². The molecule has 17 heavy (non-hydrogen) atoms. The number of nitrogens with one attached hydrogen (secondary N) is 1. The van der Waals surface area contributed by atoms with E-state index in [4.69, 9.17) is 0 Å². The first kappa shape index (κ1) is 14.5. The van der Waals surface area contributed by atoms with Crippen LogP contribution in [0.2, 0.25) is 0 Å². The summed E-state index contributed by atoms with van der Waals surface area (Å²) in [7, 11) is 0. The number of unbranched alkanes of at least 4 members (excludes halogenated alkanes) is 3. The topological polar surface area (TPSA) is 29.1 Å². The van der Waals surface area contributed by atoms with Gasteiger partial charge in [0, 0.05) is 6.54 Å². The van der Waals surface area contributed by atoms with Gasteiger partial charge >= 0.3 is 0 Å². The number of alkyl halides is 1. The third kappa shape index (κ3) is 7.36. The van der Waals surface area contributed by atoms with Gasteiger partial charge in [-0.2, -0.15) is 0 Å². The smallest absolute Gasteiger partial charge is 0.224 e. The normalized spacial score (nSPS) is 10.2. The summed E-state index contributed by atoms with van der Waals surface area (Å²) in [5.74, 6) is 0.130. The van der Waals surface area contributed by atoms with E-state index in [-0.39, 0.29) is 5.91 Å². The molecule has 0 aliphatic heterocycles. The molecule has 0 heterocycles. The molecule has 0 bridgehead atoms. The second kappa shape index (κ2) is 9.45. The number of rotatable bonds is 8. The number of carbonyl (C=O) groups is 1. The molecule has 0 radical (unpaired) electrons. The van der Waals surface area contributed by atoms with Crippen LogP contribution in [0.15, 0.2) is 30.3 Å². The summed E-state index contributed by atoms with van der Waals surface area (Å²) in [4.78, 5) is 11.6. The zero-order valence-electron chi connectivity index (χ0n) is 10.1. The van der Waals surface area contributed by atoms with Crippen LogP contribution in [0.1, 0.15) is 31.2 Å². The lowest BCUT2D eigenvalue weighted by Gasteiger charge is -2.05. The molecule has 0 saturated carbocycles. The zero-order valence-corrected chi connectivity index (χ0v) is 12.3. The van der Waals surface area contributed by atoms with E-state index in [2.05, 4.69) is 27.9 Å². The highest BCUT2D eigenvalue weighted by molar-refractivity contribution is 14.1. The number of amides is 1. The molecule has 0 unspecified atom stereocenters. The van der Waals surface area contributed by atoms with Crippen molar-refractivity contribution in [3.63, 3.8) is 0 Å². The van der Waals surface area contributed by atoms with E-state index >= 15 is 0 Å². The van der Waals surface area contributed by atoms with Gasteiger partial charge in [-0.15, -0.1) is 0 Å². The van der Waals surface area contributed by atoms with Gasteiger partial charge in [0.05, 0.1) is 6.42 Å². The van der Waals surface area contributed by atoms with Gasteiger partial charge in [0.1, 0.15) is 0 Å². The summed E-state index contributed by atoms with van der Waals surface area (Å²) in [5, 5.41) is 2.97. The van der Waals surface area contributed by atoms with Crippen LogP contribution in [-0.4, -0.2) is 16.9 Å². The lowest BCUT2D eigenvalue weighted by Crippen LogP contribution is -2.26. The molecule has 0 aliphatic rings. The standard InChI is InChI=1S/C14H20INO/c15-10-6-1-2-7-11-16-14(17)12-13-8-4-3-5-9-13/h3-5,8-9H,1-2,6-7,10-12H2,(H,16,17). The Bertz CT molecular complexity index is 313. The summed E-state index contributed by atoms with van der Waals surface area (Å²) in [6.45, 7) is 0.812. The first-order valence-electron chi connectivity index (χ1n) is 6.19. The number of halogens is 1. The van der Waals surface area contributed by atoms with E-state index in [0.717, 1.165) is 18.5 Å². The van der Waals surface area contributed by atoms with E-state index < -0.39 is 0 Å². The minimum absolute atomic E-state index is 0.130. The number of benzene rings is 1. The zero-order chi connectivity index (χ0) is 12.3. The summed E-state index contributed by atoms with van der Waals surface area (Å²) in [6.07, 6.45) is 5.37. The fraction of sp³-hybridized carbons (Fsp3) is 0.500. The number of carbonyl (C=O) groups excluding carboxylic acids is 1. The van der Waals surface area contributed by atoms with Crippen molar-refractivity contribution in [2.75, 3.05) is 11.0 Å². The summed E-state index contributed by atoms with van der Waals surface area (Å²) < 4.78 is 1.23. The summed E-state index contributed by atoms with van der Waals surface area (Å²) >= 11 is 2.40. The third-order valence-electron chi connectivity index (χ3n) is 2.59. The van der Waals surface area contributed by atoms with E-state index in [1.165, 1.54) is 23.7 Å². The van der Waals surface area contributed by atoms with E-state index in [9.17, 15) is 4.79 Å². The second-order valence-corrected chi connectivity index (χ2v) is 5.19. The largest absolute Gasteiger partial charge is 0.356 e. The first-order valence-corrected chi connectivity index (χ1v) is 7.72. The van der Waals surface area contributed by atoms with E-state index in [0.29, 0.717) is 6.42 Å². The Balaban J connectivity index is 2.06. The minimum atomic E-state index is 0.130. The molecule has 94 valence electrons. The van der Waals surface area contributed by atoms with Crippen LogP contribution in [0.3, 0.4) is 0 Å². The van der Waals surface area contributed by atoms with Crippen molar-refractivity contribution in [1.29, 1.82) is 0 Å². The SMILES string of the molecule is O=C(Cc1ccccc1)NCCCCCCI. The van der Waals surface area contributed by atoms with Crippen molar-refractivity contribution in [1.82, 2.24) is 5.32 Å². The van der Waals surface area contributed by atoms with Gasteiger partial charge in [-0.3, -0.25) is 4.79 Å². The van der Waals surface area contributed by atoms with Gasteiger partial charge in [-0.1, -0.05) is 65.8 Å². The van der Waals surface area contributed by atoms with Crippen LogP contribution < -0.4 is 5.32 Å². The van der Waals surface area contributed by atoms with Crippen LogP contribution in [0.25, 0.3) is 0 Å². The highest BCUT2D eigenvalue weighted by atomic mass is 127. The van der Waals surface area contributed by atoms with Crippen LogP contribution in [-0.2, 0) is 11.2 Å². The van der Waals surface area contributed by atoms with Gasteiger partial charge in [0.15, 0.2) is 0 Å². The molecular weight excluding hydrogens is 325 g/mol. The lowest BCUT2D eigenvalue weighted by atomic mass is 10.1. The Hall–Kier alpha value is -0.580. The predicted molar refractivity (Wildman–Crippen MR) is 80.5 cm³/mol. The number of hydrogen-bond donors (Lipinski definition) is 1. The van der Waals surface area contributed by atoms with Gasteiger partial charge in [-0.05, 0) is 22.8 Å². The first-order chi connectivity index (χ1) is 8.33. The molecule has 1 N–H and O–H groups in total.